The smallest absolute Gasteiger partial charge is 0.258 e. The van der Waals surface area contributed by atoms with Crippen LogP contribution in [-0.2, 0) is 10.2 Å². The van der Waals surface area contributed by atoms with Crippen LogP contribution in [-0.4, -0.2) is 73.7 Å². The second-order valence-corrected chi connectivity index (χ2v) is 9.86. The Kier molecular flexibility index (Phi) is 5.71. The van der Waals surface area contributed by atoms with Gasteiger partial charge in [0.25, 0.3) is 5.91 Å². The zero-order valence-corrected chi connectivity index (χ0v) is 19.7. The van der Waals surface area contributed by atoms with Gasteiger partial charge in [0.2, 0.25) is 0 Å². The Morgan fingerprint density at radius 3 is 2.82 bits per heavy atom. The van der Waals surface area contributed by atoms with Gasteiger partial charge in [0, 0.05) is 73.8 Å². The second-order valence-electron chi connectivity index (χ2n) is 9.48. The lowest BCUT2D eigenvalue weighted by atomic mass is 9.80. The molecule has 176 valence electrons. The van der Waals surface area contributed by atoms with E-state index in [2.05, 4.69) is 15.2 Å². The largest absolute Gasteiger partial charge is 0.398 e. The number of nitrogen functional groups attached to an aromatic ring is 1. The number of halogens is 2. The van der Waals surface area contributed by atoms with E-state index >= 15 is 4.39 Å². The molecule has 3 aliphatic rings. The molecule has 1 spiro atoms. The van der Waals surface area contributed by atoms with Gasteiger partial charge in [-0.25, -0.2) is 9.37 Å². The molecule has 1 aromatic carbocycles. The number of hydrogen-bond acceptors (Lipinski definition) is 6. The predicted molar refractivity (Wildman–Crippen MR) is 127 cm³/mol. The number of morpholine rings is 1. The van der Waals surface area contributed by atoms with Crippen molar-refractivity contribution in [3.05, 3.63) is 40.3 Å². The maximum absolute atomic E-state index is 15.6. The molecule has 7 nitrogen and oxygen atoms in total. The Labute approximate surface area is 198 Å². The fraction of sp³-hybridized carbons (Fsp3) is 0.500. The first-order chi connectivity index (χ1) is 15.8. The van der Waals surface area contributed by atoms with Crippen LogP contribution >= 0.6 is 11.6 Å². The van der Waals surface area contributed by atoms with Gasteiger partial charge >= 0.3 is 0 Å². The summed E-state index contributed by atoms with van der Waals surface area (Å²) in [5.74, 6) is -0.388. The Bertz CT molecular complexity index is 1100. The van der Waals surface area contributed by atoms with Crippen molar-refractivity contribution >= 4 is 29.0 Å². The molecule has 0 radical (unpaired) electrons. The molecular weight excluding hydrogens is 445 g/mol. The van der Waals surface area contributed by atoms with E-state index < -0.39 is 11.7 Å². The summed E-state index contributed by atoms with van der Waals surface area (Å²) in [4.78, 5) is 21.0. The molecule has 9 heteroatoms. The quantitative estimate of drug-likeness (QED) is 0.665. The lowest BCUT2D eigenvalue weighted by molar-refractivity contribution is 0.0169. The summed E-state index contributed by atoms with van der Waals surface area (Å²) in [7, 11) is 3.14. The fourth-order valence-electron chi connectivity index (χ4n) is 5.62. The lowest BCUT2D eigenvalue weighted by Gasteiger charge is -2.33. The molecule has 1 aliphatic carbocycles. The van der Waals surface area contributed by atoms with E-state index in [1.807, 2.05) is 0 Å². The average Bonchev–Trinajstić information content (AvgIpc) is 3.40. The fourth-order valence-corrected chi connectivity index (χ4v) is 6.06. The summed E-state index contributed by atoms with van der Waals surface area (Å²) in [6.07, 6.45) is 4.64. The van der Waals surface area contributed by atoms with Gasteiger partial charge in [0.05, 0.1) is 23.8 Å². The van der Waals surface area contributed by atoms with Crippen molar-refractivity contribution in [2.75, 3.05) is 58.0 Å². The number of nitrogens with zero attached hydrogens (tertiary/aromatic N) is 3. The third-order valence-corrected chi connectivity index (χ3v) is 7.76. The number of ether oxygens (including phenoxy) is 1. The number of nitrogens with one attached hydrogen (secondary N) is 1. The second kappa shape index (κ2) is 8.42. The van der Waals surface area contributed by atoms with E-state index in [9.17, 15) is 4.79 Å². The number of hydrogen-bond donors (Lipinski definition) is 2. The molecular formula is C24H29ClFN5O2. The Morgan fingerprint density at radius 2 is 2.09 bits per heavy atom. The van der Waals surface area contributed by atoms with Crippen LogP contribution in [0.25, 0.3) is 11.1 Å². The van der Waals surface area contributed by atoms with Gasteiger partial charge in [-0.3, -0.25) is 9.69 Å². The minimum absolute atomic E-state index is 0.0995. The van der Waals surface area contributed by atoms with E-state index in [-0.39, 0.29) is 22.2 Å². The van der Waals surface area contributed by atoms with E-state index in [0.717, 1.165) is 63.5 Å². The molecule has 2 fully saturated rings. The van der Waals surface area contributed by atoms with Crippen LogP contribution in [0.15, 0.2) is 18.3 Å². The number of carbonyl (C=O) groups is 1. The summed E-state index contributed by atoms with van der Waals surface area (Å²) in [5.41, 5.74) is 7.47. The highest BCUT2D eigenvalue weighted by Gasteiger charge is 2.48. The number of rotatable bonds is 3. The standard InChI is InChI=1S/C24H29ClFN5O2/c1-30(2)23(32)18-17(27)4-3-15(21(18)26)16-12-28-22-19(20(16)25)24(13-29-22)6-5-14(11-24)31-7-9-33-10-8-31/h3-4,12,14H,5-11,13,27H2,1-2H3,(H,28,29)/t14-,24-/m0/s1. The minimum atomic E-state index is -0.671. The highest BCUT2D eigenvalue weighted by Crippen LogP contribution is 2.53. The Hall–Kier alpha value is -2.42. The SMILES string of the molecule is CN(C)C(=O)c1c(N)ccc(-c2cnc3c(c2Cl)[C@]2(CC[C@H](N4CCOCC4)C2)CN3)c1F. The summed E-state index contributed by atoms with van der Waals surface area (Å²) in [5, 5.41) is 3.93. The minimum Gasteiger partial charge on any atom is -0.398 e. The molecule has 1 saturated heterocycles. The number of fused-ring (bicyclic) bond motifs is 2. The van der Waals surface area contributed by atoms with Crippen molar-refractivity contribution in [1.82, 2.24) is 14.8 Å². The van der Waals surface area contributed by atoms with Crippen LogP contribution < -0.4 is 11.1 Å². The molecule has 1 amide bonds. The molecule has 0 bridgehead atoms. The first-order valence-corrected chi connectivity index (χ1v) is 11.7. The van der Waals surface area contributed by atoms with Crippen LogP contribution in [0, 0.1) is 5.82 Å². The van der Waals surface area contributed by atoms with E-state index in [0.29, 0.717) is 16.6 Å². The number of pyridine rings is 1. The molecule has 3 heterocycles. The van der Waals surface area contributed by atoms with E-state index in [1.54, 1.807) is 32.4 Å². The number of carbonyl (C=O) groups excluding carboxylic acids is 1. The molecule has 2 aromatic rings. The van der Waals surface area contributed by atoms with Gasteiger partial charge in [0.1, 0.15) is 11.6 Å². The van der Waals surface area contributed by atoms with Crippen LogP contribution in [0.2, 0.25) is 5.02 Å². The van der Waals surface area contributed by atoms with E-state index in [4.69, 9.17) is 22.1 Å². The zero-order chi connectivity index (χ0) is 23.3. The molecule has 33 heavy (non-hydrogen) atoms. The molecule has 2 atom stereocenters. The zero-order valence-electron chi connectivity index (χ0n) is 19.0. The number of nitrogens with two attached hydrogens (primary N) is 1. The van der Waals surface area contributed by atoms with Crippen LogP contribution in [0.5, 0.6) is 0 Å². The number of aromatic nitrogens is 1. The van der Waals surface area contributed by atoms with Crippen molar-refractivity contribution in [2.24, 2.45) is 0 Å². The average molecular weight is 474 g/mol. The van der Waals surface area contributed by atoms with Crippen molar-refractivity contribution < 1.29 is 13.9 Å². The predicted octanol–water partition coefficient (Wildman–Crippen LogP) is 3.37. The number of benzene rings is 1. The monoisotopic (exact) mass is 473 g/mol. The molecule has 1 saturated carbocycles. The molecule has 3 N–H and O–H groups in total. The third kappa shape index (κ3) is 3.64. The van der Waals surface area contributed by atoms with Gasteiger partial charge in [-0.15, -0.1) is 0 Å². The summed E-state index contributed by atoms with van der Waals surface area (Å²) >= 11 is 6.99. The number of anilines is 2. The van der Waals surface area contributed by atoms with Gasteiger partial charge in [0.15, 0.2) is 0 Å². The first-order valence-electron chi connectivity index (χ1n) is 11.4. The topological polar surface area (TPSA) is 83.7 Å². The highest BCUT2D eigenvalue weighted by atomic mass is 35.5. The van der Waals surface area contributed by atoms with Gasteiger partial charge in [-0.2, -0.15) is 0 Å². The molecule has 2 aliphatic heterocycles. The number of amides is 1. The van der Waals surface area contributed by atoms with Gasteiger partial charge in [-0.1, -0.05) is 11.6 Å². The maximum Gasteiger partial charge on any atom is 0.258 e. The van der Waals surface area contributed by atoms with Crippen LogP contribution in [0.1, 0.15) is 35.2 Å². The summed E-state index contributed by atoms with van der Waals surface area (Å²) in [6, 6.07) is 3.60. The highest BCUT2D eigenvalue weighted by molar-refractivity contribution is 6.34. The maximum atomic E-state index is 15.6. The van der Waals surface area contributed by atoms with Crippen LogP contribution in [0.4, 0.5) is 15.9 Å². The molecule has 5 rings (SSSR count). The lowest BCUT2D eigenvalue weighted by Crippen LogP contribution is -2.43. The first kappa shape index (κ1) is 22.4. The van der Waals surface area contributed by atoms with Gasteiger partial charge < -0.3 is 20.7 Å². The van der Waals surface area contributed by atoms with Crippen LogP contribution in [0.3, 0.4) is 0 Å². The van der Waals surface area contributed by atoms with E-state index in [1.165, 1.54) is 4.90 Å². The van der Waals surface area contributed by atoms with Crippen molar-refractivity contribution in [1.29, 1.82) is 0 Å². The normalized spacial score (nSPS) is 24.7. The molecule has 1 aromatic heterocycles. The Morgan fingerprint density at radius 1 is 1.33 bits per heavy atom. The van der Waals surface area contributed by atoms with Crippen molar-refractivity contribution in [3.63, 3.8) is 0 Å². The Balaban J connectivity index is 1.54. The summed E-state index contributed by atoms with van der Waals surface area (Å²) < 4.78 is 21.1. The van der Waals surface area contributed by atoms with Gasteiger partial charge in [-0.05, 0) is 31.4 Å². The van der Waals surface area contributed by atoms with Crippen molar-refractivity contribution in [2.45, 2.75) is 30.7 Å². The van der Waals surface area contributed by atoms with Crippen molar-refractivity contribution in [3.8, 4) is 11.1 Å². The summed E-state index contributed by atoms with van der Waals surface area (Å²) in [6.45, 7) is 4.22. The molecule has 0 unspecified atom stereocenters. The third-order valence-electron chi connectivity index (χ3n) is 7.37.